The van der Waals surface area contributed by atoms with Crippen LogP contribution < -0.4 is 5.32 Å². The van der Waals surface area contributed by atoms with Gasteiger partial charge >= 0.3 is 0 Å². The molecule has 0 atom stereocenters. The molecule has 0 saturated carbocycles. The van der Waals surface area contributed by atoms with E-state index in [1.165, 1.54) is 10.6 Å². The number of rotatable bonds is 5. The van der Waals surface area contributed by atoms with Gasteiger partial charge in [-0.05, 0) is 25.1 Å². The first kappa shape index (κ1) is 16.5. The van der Waals surface area contributed by atoms with Gasteiger partial charge in [0.2, 0.25) is 0 Å². The van der Waals surface area contributed by atoms with Gasteiger partial charge in [0.15, 0.2) is 0 Å². The Morgan fingerprint density at radius 3 is 2.67 bits per heavy atom. The van der Waals surface area contributed by atoms with Crippen LogP contribution in [0, 0.1) is 0 Å². The number of halogens is 1. The molecule has 0 aliphatic carbocycles. The van der Waals surface area contributed by atoms with Gasteiger partial charge in [-0.3, -0.25) is 0 Å². The molecule has 4 heteroatoms. The summed E-state index contributed by atoms with van der Waals surface area (Å²) in [7, 11) is 0. The maximum absolute atomic E-state index is 6.10. The summed E-state index contributed by atoms with van der Waals surface area (Å²) in [6, 6.07) is 7.92. The van der Waals surface area contributed by atoms with Crippen molar-refractivity contribution in [2.75, 3.05) is 6.54 Å². The van der Waals surface area contributed by atoms with Crippen LogP contribution in [0.5, 0.6) is 0 Å². The van der Waals surface area contributed by atoms with Gasteiger partial charge < -0.3 is 5.32 Å². The molecule has 1 heterocycles. The molecule has 0 radical (unpaired) electrons. The van der Waals surface area contributed by atoms with Crippen LogP contribution in [0.4, 0.5) is 0 Å². The molecular formula is C17H23ClN2S. The molecule has 0 amide bonds. The molecule has 2 aromatic rings. The van der Waals surface area contributed by atoms with Crippen molar-refractivity contribution in [3.8, 4) is 10.6 Å². The summed E-state index contributed by atoms with van der Waals surface area (Å²) in [5, 5.41) is 5.29. The highest BCUT2D eigenvalue weighted by Gasteiger charge is 2.23. The predicted molar refractivity (Wildman–Crippen MR) is 93.3 cm³/mol. The summed E-state index contributed by atoms with van der Waals surface area (Å²) in [4.78, 5) is 6.22. The molecule has 0 saturated heterocycles. The number of benzene rings is 1. The van der Waals surface area contributed by atoms with Crippen LogP contribution in [-0.4, -0.2) is 11.5 Å². The summed E-state index contributed by atoms with van der Waals surface area (Å²) < 4.78 is 0. The van der Waals surface area contributed by atoms with Gasteiger partial charge in [-0.2, -0.15) is 0 Å². The molecule has 2 rings (SSSR count). The van der Waals surface area contributed by atoms with Crippen molar-refractivity contribution in [3.05, 3.63) is 39.9 Å². The van der Waals surface area contributed by atoms with Crippen molar-refractivity contribution in [3.63, 3.8) is 0 Å². The molecular weight excluding hydrogens is 300 g/mol. The molecule has 114 valence electrons. The van der Waals surface area contributed by atoms with Crippen molar-refractivity contribution in [1.29, 1.82) is 0 Å². The van der Waals surface area contributed by atoms with Crippen molar-refractivity contribution in [1.82, 2.24) is 10.3 Å². The highest BCUT2D eigenvalue weighted by Crippen LogP contribution is 2.35. The quantitative estimate of drug-likeness (QED) is 0.759. The van der Waals surface area contributed by atoms with Gasteiger partial charge in [-0.1, -0.05) is 51.4 Å². The zero-order valence-corrected chi connectivity index (χ0v) is 14.7. The summed E-state index contributed by atoms with van der Waals surface area (Å²) >= 11 is 7.86. The van der Waals surface area contributed by atoms with Crippen LogP contribution in [0.1, 0.15) is 44.7 Å². The summed E-state index contributed by atoms with van der Waals surface area (Å²) in [5.41, 5.74) is 2.34. The number of thiazole rings is 1. The highest BCUT2D eigenvalue weighted by atomic mass is 35.5. The molecule has 0 bridgehead atoms. The van der Waals surface area contributed by atoms with Gasteiger partial charge in [0.25, 0.3) is 0 Å². The highest BCUT2D eigenvalue weighted by molar-refractivity contribution is 7.15. The molecule has 21 heavy (non-hydrogen) atoms. The summed E-state index contributed by atoms with van der Waals surface area (Å²) in [6.45, 7) is 10.8. The fourth-order valence-electron chi connectivity index (χ4n) is 2.18. The molecule has 0 aliphatic heterocycles. The average Bonchev–Trinajstić information content (AvgIpc) is 2.83. The molecule has 0 aliphatic rings. The number of aromatic nitrogens is 1. The van der Waals surface area contributed by atoms with E-state index in [1.54, 1.807) is 11.3 Å². The van der Waals surface area contributed by atoms with E-state index in [0.29, 0.717) is 0 Å². The second kappa shape index (κ2) is 6.91. The van der Waals surface area contributed by atoms with Crippen LogP contribution in [0.2, 0.25) is 5.02 Å². The first-order valence-electron chi connectivity index (χ1n) is 7.38. The Hall–Kier alpha value is -0.900. The Bertz CT molecular complexity index is 599. The van der Waals surface area contributed by atoms with Gasteiger partial charge in [-0.25, -0.2) is 4.98 Å². The monoisotopic (exact) mass is 322 g/mol. The Balaban J connectivity index is 2.36. The third kappa shape index (κ3) is 4.29. The van der Waals surface area contributed by atoms with E-state index in [-0.39, 0.29) is 5.41 Å². The van der Waals surface area contributed by atoms with E-state index in [2.05, 4.69) is 39.1 Å². The Morgan fingerprint density at radius 2 is 2.05 bits per heavy atom. The molecule has 0 unspecified atom stereocenters. The van der Waals surface area contributed by atoms with Crippen molar-refractivity contribution in [2.24, 2.45) is 0 Å². The fraction of sp³-hybridized carbons (Fsp3) is 0.471. The minimum Gasteiger partial charge on any atom is -0.312 e. The molecule has 0 fully saturated rings. The zero-order valence-electron chi connectivity index (χ0n) is 13.2. The lowest BCUT2D eigenvalue weighted by molar-refractivity contribution is 0.559. The largest absolute Gasteiger partial charge is 0.312 e. The van der Waals surface area contributed by atoms with E-state index >= 15 is 0 Å². The minimum atomic E-state index is 0.0521. The lowest BCUT2D eigenvalue weighted by Gasteiger charge is -2.17. The lowest BCUT2D eigenvalue weighted by atomic mass is 9.91. The first-order chi connectivity index (χ1) is 9.91. The topological polar surface area (TPSA) is 24.9 Å². The van der Waals surface area contributed by atoms with Gasteiger partial charge in [-0.15, -0.1) is 11.3 Å². The van der Waals surface area contributed by atoms with Crippen LogP contribution in [0.3, 0.4) is 0 Å². The second-order valence-corrected chi connectivity index (χ2v) is 7.75. The third-order valence-corrected chi connectivity index (χ3v) is 4.53. The first-order valence-corrected chi connectivity index (χ1v) is 8.58. The maximum atomic E-state index is 6.10. The van der Waals surface area contributed by atoms with E-state index in [0.717, 1.165) is 35.1 Å². The molecule has 1 N–H and O–H groups in total. The maximum Gasteiger partial charge on any atom is 0.123 e. The predicted octanol–water partition coefficient (Wildman–Crippen LogP) is 5.26. The summed E-state index contributed by atoms with van der Waals surface area (Å²) in [6.07, 6.45) is 1.14. The summed E-state index contributed by atoms with van der Waals surface area (Å²) in [5.74, 6) is 0. The second-order valence-electron chi connectivity index (χ2n) is 6.23. The SMILES string of the molecule is CCCNCc1sc(-c2cccc(Cl)c2)nc1C(C)(C)C. The van der Waals surface area contributed by atoms with Crippen molar-refractivity contribution < 1.29 is 0 Å². The lowest BCUT2D eigenvalue weighted by Crippen LogP contribution is -2.19. The fourth-order valence-corrected chi connectivity index (χ4v) is 3.61. The molecule has 2 nitrogen and oxygen atoms in total. The smallest absolute Gasteiger partial charge is 0.123 e. The van der Waals surface area contributed by atoms with E-state index in [1.807, 2.05) is 18.2 Å². The molecule has 0 spiro atoms. The van der Waals surface area contributed by atoms with E-state index in [9.17, 15) is 0 Å². The number of hydrogen-bond donors (Lipinski definition) is 1. The van der Waals surface area contributed by atoms with Crippen molar-refractivity contribution >= 4 is 22.9 Å². The normalized spacial score (nSPS) is 11.9. The molecule has 1 aromatic carbocycles. The standard InChI is InChI=1S/C17H23ClN2S/c1-5-9-19-11-14-15(17(2,3)4)20-16(21-14)12-7-6-8-13(18)10-12/h6-8,10,19H,5,9,11H2,1-4H3. The number of hydrogen-bond acceptors (Lipinski definition) is 3. The van der Waals surface area contributed by atoms with Crippen LogP contribution in [0.15, 0.2) is 24.3 Å². The average molecular weight is 323 g/mol. The van der Waals surface area contributed by atoms with Crippen LogP contribution >= 0.6 is 22.9 Å². The molecule has 1 aromatic heterocycles. The Labute approximate surface area is 136 Å². The number of nitrogens with zero attached hydrogens (tertiary/aromatic N) is 1. The zero-order chi connectivity index (χ0) is 15.5. The van der Waals surface area contributed by atoms with E-state index < -0.39 is 0 Å². The van der Waals surface area contributed by atoms with Gasteiger partial charge in [0.05, 0.1) is 5.69 Å². The minimum absolute atomic E-state index is 0.0521. The Morgan fingerprint density at radius 1 is 1.29 bits per heavy atom. The van der Waals surface area contributed by atoms with Crippen LogP contribution in [0.25, 0.3) is 10.6 Å². The third-order valence-electron chi connectivity index (χ3n) is 3.19. The number of nitrogens with one attached hydrogen (secondary N) is 1. The van der Waals surface area contributed by atoms with Gasteiger partial charge in [0, 0.05) is 27.4 Å². The van der Waals surface area contributed by atoms with Gasteiger partial charge in [0.1, 0.15) is 5.01 Å². The van der Waals surface area contributed by atoms with E-state index in [4.69, 9.17) is 16.6 Å². The van der Waals surface area contributed by atoms with Crippen molar-refractivity contribution in [2.45, 2.75) is 46.1 Å². The Kier molecular flexibility index (Phi) is 5.42. The van der Waals surface area contributed by atoms with Crippen LogP contribution in [-0.2, 0) is 12.0 Å².